The number of benzene rings is 2. The molecule has 0 aliphatic heterocycles. The zero-order valence-corrected chi connectivity index (χ0v) is 17.7. The summed E-state index contributed by atoms with van der Waals surface area (Å²) in [6.07, 6.45) is 4.70. The molecule has 0 unspecified atom stereocenters. The number of nitrogens with one attached hydrogen (secondary N) is 1. The molecule has 2 aliphatic carbocycles. The quantitative estimate of drug-likeness (QED) is 0.418. The maximum Gasteiger partial charge on any atom is 0.307 e. The van der Waals surface area contributed by atoms with E-state index in [-0.39, 0.29) is 17.7 Å². The molecule has 2 N–H and O–H groups in total. The Kier molecular flexibility index (Phi) is 5.08. The molecule has 1 heterocycles. The van der Waals surface area contributed by atoms with Crippen LogP contribution in [0.25, 0.3) is 10.2 Å². The molecule has 5 rings (SSSR count). The Morgan fingerprint density at radius 2 is 1.87 bits per heavy atom. The van der Waals surface area contributed by atoms with Crippen molar-refractivity contribution >= 4 is 50.9 Å². The van der Waals surface area contributed by atoms with Gasteiger partial charge in [0.25, 0.3) is 0 Å². The van der Waals surface area contributed by atoms with Gasteiger partial charge in [0.2, 0.25) is 5.91 Å². The van der Waals surface area contributed by atoms with Crippen molar-refractivity contribution in [3.63, 3.8) is 0 Å². The van der Waals surface area contributed by atoms with E-state index in [2.05, 4.69) is 22.4 Å². The highest BCUT2D eigenvalue weighted by Gasteiger charge is 2.51. The van der Waals surface area contributed by atoms with Crippen LogP contribution in [0.3, 0.4) is 0 Å². The maximum absolute atomic E-state index is 12.9. The number of thioether (sulfide) groups is 1. The van der Waals surface area contributed by atoms with Crippen LogP contribution in [0.2, 0.25) is 0 Å². The number of fused-ring (bicyclic) bond motifs is 3. The molecule has 7 heteroatoms. The fourth-order valence-corrected chi connectivity index (χ4v) is 6.57. The molecular weight excluding hydrogens is 416 g/mol. The van der Waals surface area contributed by atoms with Gasteiger partial charge in [-0.15, -0.1) is 11.3 Å². The first-order valence-corrected chi connectivity index (χ1v) is 11.7. The summed E-state index contributed by atoms with van der Waals surface area (Å²) in [7, 11) is 0. The Hall–Kier alpha value is -2.64. The molecule has 2 aliphatic rings. The van der Waals surface area contributed by atoms with Crippen LogP contribution < -0.4 is 5.32 Å². The summed E-state index contributed by atoms with van der Waals surface area (Å²) in [5, 5.41) is 12.5. The summed E-state index contributed by atoms with van der Waals surface area (Å²) < 4.78 is 1.99. The summed E-state index contributed by atoms with van der Waals surface area (Å²) in [4.78, 5) is 29.2. The van der Waals surface area contributed by atoms with Crippen LogP contribution >= 0.6 is 23.1 Å². The predicted molar refractivity (Wildman–Crippen MR) is 120 cm³/mol. The SMILES string of the molecule is O=C(O)[C@H]1[C@H](C(=O)Nc2ccc3nc(SCc4ccccc4)sc3c2)[C@H]2C=C[C@H]1C2. The van der Waals surface area contributed by atoms with Crippen LogP contribution in [0, 0.1) is 23.7 Å². The van der Waals surface area contributed by atoms with E-state index >= 15 is 0 Å². The van der Waals surface area contributed by atoms with Crippen LogP contribution in [-0.2, 0) is 15.3 Å². The van der Waals surface area contributed by atoms with Gasteiger partial charge in [-0.1, -0.05) is 54.2 Å². The van der Waals surface area contributed by atoms with Gasteiger partial charge in [0, 0.05) is 11.4 Å². The molecule has 30 heavy (non-hydrogen) atoms. The first-order valence-electron chi connectivity index (χ1n) is 9.88. The number of anilines is 1. The van der Waals surface area contributed by atoms with E-state index in [4.69, 9.17) is 0 Å². The molecule has 4 atom stereocenters. The van der Waals surface area contributed by atoms with Crippen molar-refractivity contribution in [2.24, 2.45) is 23.7 Å². The zero-order valence-electron chi connectivity index (χ0n) is 16.0. The topological polar surface area (TPSA) is 79.3 Å². The van der Waals surface area contributed by atoms with Gasteiger partial charge >= 0.3 is 5.97 Å². The number of allylic oxidation sites excluding steroid dienone is 2. The lowest BCUT2D eigenvalue weighted by Gasteiger charge is -2.23. The van der Waals surface area contributed by atoms with Gasteiger partial charge in [-0.25, -0.2) is 4.98 Å². The minimum Gasteiger partial charge on any atom is -0.481 e. The lowest BCUT2D eigenvalue weighted by atomic mass is 9.82. The molecular formula is C23H20N2O3S2. The standard InChI is InChI=1S/C23H20N2O3S2/c26-21(19-14-6-7-15(10-14)20(19)22(27)28)24-16-8-9-17-18(11-16)30-23(25-17)29-12-13-4-2-1-3-5-13/h1-9,11,14-15,19-20H,10,12H2,(H,24,26)(H,27,28)/t14-,15-,19+,20+/m0/s1. The van der Waals surface area contributed by atoms with Gasteiger partial charge in [-0.2, -0.15) is 0 Å². The van der Waals surface area contributed by atoms with Crippen molar-refractivity contribution in [2.75, 3.05) is 5.32 Å². The van der Waals surface area contributed by atoms with Gasteiger partial charge in [-0.3, -0.25) is 9.59 Å². The van der Waals surface area contributed by atoms with Crippen molar-refractivity contribution in [3.05, 3.63) is 66.2 Å². The Labute approximate surface area is 182 Å². The second kappa shape index (κ2) is 7.89. The number of carbonyl (C=O) groups is 2. The lowest BCUT2D eigenvalue weighted by molar-refractivity contribution is -0.146. The van der Waals surface area contributed by atoms with E-state index < -0.39 is 17.8 Å². The van der Waals surface area contributed by atoms with E-state index in [9.17, 15) is 14.7 Å². The fraction of sp³-hybridized carbons (Fsp3) is 0.261. The van der Waals surface area contributed by atoms with Crippen molar-refractivity contribution in [3.8, 4) is 0 Å². The van der Waals surface area contributed by atoms with E-state index in [0.29, 0.717) is 5.69 Å². The van der Waals surface area contributed by atoms with Crippen LogP contribution in [0.1, 0.15) is 12.0 Å². The predicted octanol–water partition coefficient (Wildman–Crippen LogP) is 5.05. The van der Waals surface area contributed by atoms with Gasteiger partial charge in [0.05, 0.1) is 22.1 Å². The number of carbonyl (C=O) groups excluding carboxylic acids is 1. The van der Waals surface area contributed by atoms with Crippen molar-refractivity contribution < 1.29 is 14.7 Å². The monoisotopic (exact) mass is 436 g/mol. The smallest absolute Gasteiger partial charge is 0.307 e. The van der Waals surface area contributed by atoms with E-state index in [0.717, 1.165) is 26.7 Å². The summed E-state index contributed by atoms with van der Waals surface area (Å²) in [5.74, 6) is -1.38. The molecule has 0 radical (unpaired) electrons. The van der Waals surface area contributed by atoms with Crippen molar-refractivity contribution in [1.29, 1.82) is 0 Å². The summed E-state index contributed by atoms with van der Waals surface area (Å²) in [6.45, 7) is 0. The summed E-state index contributed by atoms with van der Waals surface area (Å²) in [5.41, 5.74) is 2.84. The van der Waals surface area contributed by atoms with Crippen LogP contribution in [-0.4, -0.2) is 22.0 Å². The van der Waals surface area contributed by atoms with Gasteiger partial charge in [-0.05, 0) is 42.0 Å². The van der Waals surface area contributed by atoms with Gasteiger partial charge in [0.15, 0.2) is 4.34 Å². The molecule has 5 nitrogen and oxygen atoms in total. The molecule has 1 amide bonds. The minimum atomic E-state index is -0.884. The fourth-order valence-electron chi connectivity index (χ4n) is 4.50. The van der Waals surface area contributed by atoms with Crippen LogP contribution in [0.15, 0.2) is 65.0 Å². The maximum atomic E-state index is 12.9. The van der Waals surface area contributed by atoms with Gasteiger partial charge in [0.1, 0.15) is 0 Å². The zero-order chi connectivity index (χ0) is 20.7. The summed E-state index contributed by atoms with van der Waals surface area (Å²) in [6, 6.07) is 15.9. The first kappa shape index (κ1) is 19.3. The Balaban J connectivity index is 1.30. The number of rotatable bonds is 6. The van der Waals surface area contributed by atoms with E-state index in [1.165, 1.54) is 5.56 Å². The normalized spacial score (nSPS) is 24.4. The Bertz CT molecular complexity index is 1140. The molecule has 2 bridgehead atoms. The molecule has 1 fully saturated rings. The number of carboxylic acid groups (broad SMARTS) is 1. The molecule has 0 spiro atoms. The van der Waals surface area contributed by atoms with Gasteiger partial charge < -0.3 is 10.4 Å². The summed E-state index contributed by atoms with van der Waals surface area (Å²) >= 11 is 3.30. The van der Waals surface area contributed by atoms with Crippen LogP contribution in [0.4, 0.5) is 5.69 Å². The number of hydrogen-bond donors (Lipinski definition) is 2. The molecule has 1 saturated carbocycles. The third kappa shape index (κ3) is 3.63. The lowest BCUT2D eigenvalue weighted by Crippen LogP contribution is -2.36. The van der Waals surface area contributed by atoms with Crippen LogP contribution in [0.5, 0.6) is 0 Å². The number of aliphatic carboxylic acids is 1. The largest absolute Gasteiger partial charge is 0.481 e. The average molecular weight is 437 g/mol. The molecule has 1 aromatic heterocycles. The molecule has 3 aromatic rings. The Morgan fingerprint density at radius 3 is 2.63 bits per heavy atom. The number of thiazole rings is 1. The van der Waals surface area contributed by atoms with Crippen molar-refractivity contribution in [2.45, 2.75) is 16.5 Å². The highest BCUT2D eigenvalue weighted by Crippen LogP contribution is 2.48. The highest BCUT2D eigenvalue weighted by molar-refractivity contribution is 8.00. The highest BCUT2D eigenvalue weighted by atomic mass is 32.2. The average Bonchev–Trinajstić information content (AvgIpc) is 3.46. The second-order valence-corrected chi connectivity index (χ2v) is 10.0. The number of amides is 1. The second-order valence-electron chi connectivity index (χ2n) is 7.76. The third-order valence-corrected chi connectivity index (χ3v) is 8.12. The molecule has 0 saturated heterocycles. The number of nitrogens with zero attached hydrogens (tertiary/aromatic N) is 1. The molecule has 152 valence electrons. The minimum absolute atomic E-state index is 0.0178. The number of carboxylic acids is 1. The van der Waals surface area contributed by atoms with E-state index in [1.54, 1.807) is 23.1 Å². The number of aromatic nitrogens is 1. The first-order chi connectivity index (χ1) is 14.6. The van der Waals surface area contributed by atoms with Crippen molar-refractivity contribution in [1.82, 2.24) is 4.98 Å². The number of hydrogen-bond acceptors (Lipinski definition) is 5. The van der Waals surface area contributed by atoms with E-state index in [1.807, 2.05) is 48.6 Å². The Morgan fingerprint density at radius 1 is 1.10 bits per heavy atom. The third-order valence-electron chi connectivity index (χ3n) is 5.89. The molecule has 2 aromatic carbocycles.